The van der Waals surface area contributed by atoms with Crippen molar-refractivity contribution in [3.63, 3.8) is 0 Å². The zero-order valence-electron chi connectivity index (χ0n) is 9.92. The van der Waals surface area contributed by atoms with Crippen molar-refractivity contribution in [2.45, 2.75) is 13.3 Å². The van der Waals surface area contributed by atoms with E-state index < -0.39 is 4.92 Å². The lowest BCUT2D eigenvalue weighted by Gasteiger charge is -2.05. The van der Waals surface area contributed by atoms with Gasteiger partial charge in [-0.25, -0.2) is 4.98 Å². The molecule has 2 aromatic heterocycles. The molecule has 0 aromatic carbocycles. The Kier molecular flexibility index (Phi) is 3.88. The Bertz CT molecular complexity index is 540. The van der Waals surface area contributed by atoms with Crippen molar-refractivity contribution in [1.82, 2.24) is 4.98 Å². The summed E-state index contributed by atoms with van der Waals surface area (Å²) in [5.74, 6) is 0.334. The number of hydrogen-bond acceptors (Lipinski definition) is 5. The summed E-state index contributed by atoms with van der Waals surface area (Å²) in [6.07, 6.45) is 2.45. The third-order valence-corrected chi connectivity index (χ3v) is 3.22. The molecule has 0 aliphatic heterocycles. The summed E-state index contributed by atoms with van der Waals surface area (Å²) in [6.45, 7) is 2.42. The van der Waals surface area contributed by atoms with Crippen LogP contribution in [0, 0.1) is 17.0 Å². The first-order valence-corrected chi connectivity index (χ1v) is 6.47. The van der Waals surface area contributed by atoms with Gasteiger partial charge in [-0.3, -0.25) is 10.1 Å². The van der Waals surface area contributed by atoms with Gasteiger partial charge in [0.2, 0.25) is 5.82 Å². The molecule has 0 spiro atoms. The van der Waals surface area contributed by atoms with Gasteiger partial charge in [0.1, 0.15) is 0 Å². The molecule has 0 radical (unpaired) electrons. The summed E-state index contributed by atoms with van der Waals surface area (Å²) >= 11 is 1.64. The van der Waals surface area contributed by atoms with Crippen LogP contribution in [0.15, 0.2) is 29.1 Å². The third-order valence-electron chi connectivity index (χ3n) is 2.49. The minimum Gasteiger partial charge on any atom is -0.364 e. The van der Waals surface area contributed by atoms with Gasteiger partial charge in [-0.15, -0.1) is 0 Å². The zero-order chi connectivity index (χ0) is 13.0. The van der Waals surface area contributed by atoms with E-state index in [2.05, 4.69) is 15.7 Å². The Morgan fingerprint density at radius 1 is 1.56 bits per heavy atom. The van der Waals surface area contributed by atoms with Gasteiger partial charge < -0.3 is 5.32 Å². The first-order chi connectivity index (χ1) is 8.66. The molecular weight excluding hydrogens is 250 g/mol. The topological polar surface area (TPSA) is 68.1 Å². The van der Waals surface area contributed by atoms with Gasteiger partial charge in [0.05, 0.1) is 4.92 Å². The highest BCUT2D eigenvalue weighted by atomic mass is 32.1. The normalized spacial score (nSPS) is 10.3. The second kappa shape index (κ2) is 5.59. The predicted molar refractivity (Wildman–Crippen MR) is 72.1 cm³/mol. The average Bonchev–Trinajstić information content (AvgIpc) is 2.84. The van der Waals surface area contributed by atoms with Gasteiger partial charge in [-0.1, -0.05) is 0 Å². The van der Waals surface area contributed by atoms with E-state index in [4.69, 9.17) is 0 Å². The van der Waals surface area contributed by atoms with Crippen molar-refractivity contribution < 1.29 is 4.92 Å². The summed E-state index contributed by atoms with van der Waals surface area (Å²) in [5.41, 5.74) is 2.03. The third kappa shape index (κ3) is 3.04. The van der Waals surface area contributed by atoms with E-state index in [1.807, 2.05) is 11.4 Å². The maximum atomic E-state index is 10.9. The number of hydrogen-bond donors (Lipinski definition) is 1. The number of rotatable bonds is 5. The molecule has 6 heteroatoms. The fourth-order valence-electron chi connectivity index (χ4n) is 1.59. The van der Waals surface area contributed by atoms with Gasteiger partial charge >= 0.3 is 5.69 Å². The largest absolute Gasteiger partial charge is 0.364 e. The van der Waals surface area contributed by atoms with Crippen LogP contribution in [0.5, 0.6) is 0 Å². The van der Waals surface area contributed by atoms with Crippen molar-refractivity contribution in [1.29, 1.82) is 0 Å². The summed E-state index contributed by atoms with van der Waals surface area (Å²) in [4.78, 5) is 14.6. The Balaban J connectivity index is 2.02. The van der Waals surface area contributed by atoms with E-state index >= 15 is 0 Å². The molecule has 5 nitrogen and oxygen atoms in total. The smallest absolute Gasteiger partial charge is 0.311 e. The van der Waals surface area contributed by atoms with Gasteiger partial charge in [-0.05, 0) is 41.3 Å². The highest BCUT2D eigenvalue weighted by molar-refractivity contribution is 7.07. The van der Waals surface area contributed by atoms with Gasteiger partial charge in [-0.2, -0.15) is 11.3 Å². The minimum atomic E-state index is -0.410. The standard InChI is InChI=1S/C12H13N3O2S/c1-9-6-11(15(16)17)12(14-7-9)13-4-2-10-3-5-18-8-10/h3,5-8H,2,4H2,1H3,(H,13,14). The molecule has 94 valence electrons. The van der Waals surface area contributed by atoms with Crippen molar-refractivity contribution in [2.24, 2.45) is 0 Å². The molecule has 0 amide bonds. The van der Waals surface area contributed by atoms with E-state index in [1.54, 1.807) is 24.5 Å². The summed E-state index contributed by atoms with van der Waals surface area (Å²) in [6, 6.07) is 3.57. The second-order valence-electron chi connectivity index (χ2n) is 3.95. The molecule has 1 N–H and O–H groups in total. The van der Waals surface area contributed by atoms with Crippen LogP contribution in [0.25, 0.3) is 0 Å². The molecule has 2 aromatic rings. The Morgan fingerprint density at radius 3 is 3.06 bits per heavy atom. The van der Waals surface area contributed by atoms with E-state index in [9.17, 15) is 10.1 Å². The number of thiophene rings is 1. The van der Waals surface area contributed by atoms with Crippen LogP contribution in [-0.2, 0) is 6.42 Å². The van der Waals surface area contributed by atoms with Crippen LogP contribution in [0.1, 0.15) is 11.1 Å². The predicted octanol–water partition coefficient (Wildman–Crippen LogP) is 3.01. The molecule has 2 heterocycles. The van der Waals surface area contributed by atoms with Crippen LogP contribution in [0.4, 0.5) is 11.5 Å². The van der Waals surface area contributed by atoms with Crippen LogP contribution in [-0.4, -0.2) is 16.5 Å². The van der Waals surface area contributed by atoms with E-state index in [0.29, 0.717) is 12.4 Å². The molecule has 18 heavy (non-hydrogen) atoms. The fraction of sp³-hybridized carbons (Fsp3) is 0.250. The highest BCUT2D eigenvalue weighted by Gasteiger charge is 2.14. The van der Waals surface area contributed by atoms with E-state index in [0.717, 1.165) is 12.0 Å². The van der Waals surface area contributed by atoms with Gasteiger partial charge in [0.25, 0.3) is 0 Å². The molecule has 2 rings (SSSR count). The number of anilines is 1. The zero-order valence-corrected chi connectivity index (χ0v) is 10.7. The highest BCUT2D eigenvalue weighted by Crippen LogP contribution is 2.22. The number of aryl methyl sites for hydroxylation is 1. The maximum Gasteiger partial charge on any atom is 0.311 e. The molecular formula is C12H13N3O2S. The van der Waals surface area contributed by atoms with Crippen molar-refractivity contribution in [3.05, 3.63) is 50.3 Å². The Hall–Kier alpha value is -1.95. The first-order valence-electron chi connectivity index (χ1n) is 5.53. The van der Waals surface area contributed by atoms with Crippen molar-refractivity contribution in [3.8, 4) is 0 Å². The Morgan fingerprint density at radius 2 is 2.39 bits per heavy atom. The fourth-order valence-corrected chi connectivity index (χ4v) is 2.29. The molecule has 0 aliphatic carbocycles. The number of aromatic nitrogens is 1. The van der Waals surface area contributed by atoms with Crippen LogP contribution in [0.2, 0.25) is 0 Å². The molecule has 0 fully saturated rings. The van der Waals surface area contributed by atoms with Crippen LogP contribution >= 0.6 is 11.3 Å². The summed E-state index contributed by atoms with van der Waals surface area (Å²) in [5, 5.41) is 18.0. The summed E-state index contributed by atoms with van der Waals surface area (Å²) < 4.78 is 0. The maximum absolute atomic E-state index is 10.9. The first kappa shape index (κ1) is 12.5. The minimum absolute atomic E-state index is 0.0281. The van der Waals surface area contributed by atoms with Crippen LogP contribution < -0.4 is 5.32 Å². The molecule has 0 aliphatic rings. The lowest BCUT2D eigenvalue weighted by molar-refractivity contribution is -0.384. The summed E-state index contributed by atoms with van der Waals surface area (Å²) in [7, 11) is 0. The Labute approximate surface area is 109 Å². The molecule has 0 saturated carbocycles. The number of nitrogens with one attached hydrogen (secondary N) is 1. The van der Waals surface area contributed by atoms with E-state index in [-0.39, 0.29) is 5.69 Å². The van der Waals surface area contributed by atoms with Crippen molar-refractivity contribution in [2.75, 3.05) is 11.9 Å². The quantitative estimate of drug-likeness (QED) is 0.665. The van der Waals surface area contributed by atoms with Gasteiger partial charge in [0, 0.05) is 18.8 Å². The average molecular weight is 263 g/mol. The number of nitro groups is 1. The lowest BCUT2D eigenvalue weighted by Crippen LogP contribution is -2.08. The molecule has 0 unspecified atom stereocenters. The van der Waals surface area contributed by atoms with Gasteiger partial charge in [0.15, 0.2) is 0 Å². The molecule has 0 atom stereocenters. The molecule has 0 bridgehead atoms. The van der Waals surface area contributed by atoms with E-state index in [1.165, 1.54) is 11.6 Å². The number of pyridine rings is 1. The monoisotopic (exact) mass is 263 g/mol. The molecule has 0 saturated heterocycles. The van der Waals surface area contributed by atoms with Crippen LogP contribution in [0.3, 0.4) is 0 Å². The SMILES string of the molecule is Cc1cnc(NCCc2ccsc2)c([N+](=O)[O-])c1. The lowest BCUT2D eigenvalue weighted by atomic mass is 10.2. The number of nitrogens with zero attached hydrogens (tertiary/aromatic N) is 2. The second-order valence-corrected chi connectivity index (χ2v) is 4.73. The van der Waals surface area contributed by atoms with Crippen molar-refractivity contribution >= 4 is 22.8 Å².